The maximum absolute atomic E-state index is 12.4. The zero-order valence-electron chi connectivity index (χ0n) is 12.5. The van der Waals surface area contributed by atoms with Crippen LogP contribution in [0.25, 0.3) is 0 Å². The Morgan fingerprint density at radius 2 is 1.95 bits per heavy atom. The molecule has 0 saturated heterocycles. The van der Waals surface area contributed by atoms with E-state index in [2.05, 4.69) is 4.72 Å². The minimum Gasteiger partial charge on any atom is -0.368 e. The fraction of sp³-hybridized carbons (Fsp3) is 0.500. The molecule has 0 aliphatic rings. The first-order valence-corrected chi connectivity index (χ1v) is 8.34. The molecular formula is C14H23N3O3S. The summed E-state index contributed by atoms with van der Waals surface area (Å²) in [5.74, 6) is -0.937. The summed E-state index contributed by atoms with van der Waals surface area (Å²) in [4.78, 5) is 11.4. The van der Waals surface area contributed by atoms with Crippen molar-refractivity contribution in [1.29, 1.82) is 0 Å². The smallest absolute Gasteiger partial charge is 0.241 e. The number of carbonyl (C=O) groups excluding carboxylic acids is 1. The molecule has 0 bridgehead atoms. The number of nitrogens with one attached hydrogen (secondary N) is 1. The molecule has 118 valence electrons. The molecule has 0 radical (unpaired) electrons. The Kier molecular flexibility index (Phi) is 5.88. The van der Waals surface area contributed by atoms with Crippen molar-refractivity contribution in [2.24, 2.45) is 17.4 Å². The third kappa shape index (κ3) is 4.52. The number of carbonyl (C=O) groups is 1. The topological polar surface area (TPSA) is 115 Å². The molecule has 1 aromatic carbocycles. The predicted octanol–water partition coefficient (Wildman–Crippen LogP) is 0.885. The monoisotopic (exact) mass is 313 g/mol. The van der Waals surface area contributed by atoms with Gasteiger partial charge in [-0.1, -0.05) is 32.9 Å². The summed E-state index contributed by atoms with van der Waals surface area (Å²) in [5, 5.41) is 0. The second-order valence-electron chi connectivity index (χ2n) is 5.33. The quantitative estimate of drug-likeness (QED) is 0.693. The van der Waals surface area contributed by atoms with Crippen molar-refractivity contribution in [2.75, 3.05) is 0 Å². The maximum Gasteiger partial charge on any atom is 0.241 e. The average Bonchev–Trinajstić information content (AvgIpc) is 2.43. The van der Waals surface area contributed by atoms with E-state index in [4.69, 9.17) is 11.5 Å². The molecule has 6 nitrogen and oxygen atoms in total. The van der Waals surface area contributed by atoms with E-state index in [1.165, 1.54) is 12.1 Å². The highest BCUT2D eigenvalue weighted by atomic mass is 32.2. The molecule has 0 aliphatic heterocycles. The number of primary amides is 1. The molecule has 1 aromatic rings. The summed E-state index contributed by atoms with van der Waals surface area (Å²) >= 11 is 0. The zero-order valence-corrected chi connectivity index (χ0v) is 13.4. The molecule has 1 amide bonds. The van der Waals surface area contributed by atoms with Gasteiger partial charge in [0.15, 0.2) is 0 Å². The van der Waals surface area contributed by atoms with Crippen molar-refractivity contribution < 1.29 is 13.2 Å². The van der Waals surface area contributed by atoms with Crippen LogP contribution in [0.2, 0.25) is 0 Å². The zero-order chi connectivity index (χ0) is 16.2. The van der Waals surface area contributed by atoms with Crippen LogP contribution in [0.15, 0.2) is 29.2 Å². The van der Waals surface area contributed by atoms with Crippen LogP contribution in [0.1, 0.15) is 38.8 Å². The SMILES string of the molecule is CCC(N)c1cccc(S(=O)(=O)NC(C(N)=O)C(C)C)c1. The third-order valence-corrected chi connectivity index (χ3v) is 4.73. The van der Waals surface area contributed by atoms with Gasteiger partial charge in [0.25, 0.3) is 0 Å². The Labute approximate surface area is 126 Å². The molecule has 0 spiro atoms. The van der Waals surface area contributed by atoms with E-state index < -0.39 is 22.0 Å². The largest absolute Gasteiger partial charge is 0.368 e. The minimum atomic E-state index is -3.82. The number of hydrogen-bond acceptors (Lipinski definition) is 4. The predicted molar refractivity (Wildman–Crippen MR) is 81.8 cm³/mol. The van der Waals surface area contributed by atoms with Crippen LogP contribution in [-0.2, 0) is 14.8 Å². The first-order valence-electron chi connectivity index (χ1n) is 6.86. The Hall–Kier alpha value is -1.44. The van der Waals surface area contributed by atoms with E-state index in [0.29, 0.717) is 6.42 Å². The standard InChI is InChI=1S/C14H23N3O3S/c1-4-12(15)10-6-5-7-11(8-10)21(19,20)17-13(9(2)3)14(16)18/h5-9,12-13,17H,4,15H2,1-3H3,(H2,16,18). The Morgan fingerprint density at radius 1 is 1.33 bits per heavy atom. The van der Waals surface area contributed by atoms with E-state index in [1.807, 2.05) is 6.92 Å². The van der Waals surface area contributed by atoms with Gasteiger partial charge >= 0.3 is 0 Å². The molecule has 0 heterocycles. The van der Waals surface area contributed by atoms with Gasteiger partial charge in [-0.3, -0.25) is 4.79 Å². The van der Waals surface area contributed by atoms with Gasteiger partial charge in [-0.25, -0.2) is 8.42 Å². The summed E-state index contributed by atoms with van der Waals surface area (Å²) < 4.78 is 27.1. The lowest BCUT2D eigenvalue weighted by Crippen LogP contribution is -2.47. The van der Waals surface area contributed by atoms with E-state index in [9.17, 15) is 13.2 Å². The molecule has 21 heavy (non-hydrogen) atoms. The molecule has 0 fully saturated rings. The van der Waals surface area contributed by atoms with E-state index in [0.717, 1.165) is 5.56 Å². The van der Waals surface area contributed by atoms with Gasteiger partial charge in [0.1, 0.15) is 6.04 Å². The molecule has 7 heteroatoms. The minimum absolute atomic E-state index is 0.0794. The van der Waals surface area contributed by atoms with Gasteiger partial charge in [-0.05, 0) is 30.0 Å². The highest BCUT2D eigenvalue weighted by molar-refractivity contribution is 7.89. The number of nitrogens with two attached hydrogens (primary N) is 2. The van der Waals surface area contributed by atoms with E-state index in [-0.39, 0.29) is 16.9 Å². The Morgan fingerprint density at radius 3 is 2.43 bits per heavy atom. The van der Waals surface area contributed by atoms with E-state index in [1.54, 1.807) is 26.0 Å². The molecular weight excluding hydrogens is 290 g/mol. The van der Waals surface area contributed by atoms with Crippen LogP contribution in [0.5, 0.6) is 0 Å². The molecule has 2 atom stereocenters. The molecule has 0 aliphatic carbocycles. The van der Waals surface area contributed by atoms with Gasteiger partial charge in [0.2, 0.25) is 15.9 Å². The van der Waals surface area contributed by atoms with Crippen molar-refractivity contribution in [3.8, 4) is 0 Å². The maximum atomic E-state index is 12.4. The number of benzene rings is 1. The molecule has 0 aromatic heterocycles. The number of amides is 1. The first kappa shape index (κ1) is 17.6. The van der Waals surface area contributed by atoms with Crippen LogP contribution < -0.4 is 16.2 Å². The lowest BCUT2D eigenvalue weighted by atomic mass is 10.1. The van der Waals surface area contributed by atoms with E-state index >= 15 is 0 Å². The summed E-state index contributed by atoms with van der Waals surface area (Å²) in [7, 11) is -3.82. The highest BCUT2D eigenvalue weighted by Crippen LogP contribution is 2.19. The third-order valence-electron chi connectivity index (χ3n) is 3.29. The number of sulfonamides is 1. The van der Waals surface area contributed by atoms with Gasteiger partial charge in [0, 0.05) is 6.04 Å². The van der Waals surface area contributed by atoms with Crippen LogP contribution in [-0.4, -0.2) is 20.4 Å². The van der Waals surface area contributed by atoms with Crippen LogP contribution in [0.3, 0.4) is 0 Å². The van der Waals surface area contributed by atoms with Gasteiger partial charge < -0.3 is 11.5 Å². The second kappa shape index (κ2) is 7.02. The van der Waals surface area contributed by atoms with Gasteiger partial charge in [0.05, 0.1) is 4.90 Å². The fourth-order valence-electron chi connectivity index (χ4n) is 1.91. The van der Waals surface area contributed by atoms with Gasteiger partial charge in [-0.15, -0.1) is 0 Å². The summed E-state index contributed by atoms with van der Waals surface area (Å²) in [5.41, 5.74) is 11.9. The van der Waals surface area contributed by atoms with Crippen molar-refractivity contribution >= 4 is 15.9 Å². The number of rotatable bonds is 7. The van der Waals surface area contributed by atoms with Crippen molar-refractivity contribution in [2.45, 2.75) is 44.2 Å². The lowest BCUT2D eigenvalue weighted by Gasteiger charge is -2.19. The van der Waals surface area contributed by atoms with Crippen LogP contribution >= 0.6 is 0 Å². The summed E-state index contributed by atoms with van der Waals surface area (Å²) in [6.45, 7) is 5.37. The normalized spacial score (nSPS) is 14.9. The summed E-state index contributed by atoms with van der Waals surface area (Å²) in [6, 6.07) is 5.23. The summed E-state index contributed by atoms with van der Waals surface area (Å²) in [6.07, 6.45) is 0.701. The molecule has 1 rings (SSSR count). The van der Waals surface area contributed by atoms with Crippen LogP contribution in [0.4, 0.5) is 0 Å². The van der Waals surface area contributed by atoms with Crippen molar-refractivity contribution in [1.82, 2.24) is 4.72 Å². The highest BCUT2D eigenvalue weighted by Gasteiger charge is 2.26. The number of hydrogen-bond donors (Lipinski definition) is 3. The molecule has 0 saturated carbocycles. The molecule has 5 N–H and O–H groups in total. The lowest BCUT2D eigenvalue weighted by molar-refractivity contribution is -0.120. The Bertz CT molecular complexity index is 599. The Balaban J connectivity index is 3.10. The second-order valence-corrected chi connectivity index (χ2v) is 7.05. The van der Waals surface area contributed by atoms with Crippen molar-refractivity contribution in [3.63, 3.8) is 0 Å². The van der Waals surface area contributed by atoms with Crippen LogP contribution in [0, 0.1) is 5.92 Å². The van der Waals surface area contributed by atoms with Gasteiger partial charge in [-0.2, -0.15) is 4.72 Å². The first-order chi connectivity index (χ1) is 9.69. The molecule has 2 unspecified atom stereocenters. The van der Waals surface area contributed by atoms with Crippen molar-refractivity contribution in [3.05, 3.63) is 29.8 Å². The fourth-order valence-corrected chi connectivity index (χ4v) is 3.31. The average molecular weight is 313 g/mol.